The second-order valence-electron chi connectivity index (χ2n) is 4.76. The first-order valence-corrected chi connectivity index (χ1v) is 6.97. The summed E-state index contributed by atoms with van der Waals surface area (Å²) < 4.78 is 13.0. The summed E-state index contributed by atoms with van der Waals surface area (Å²) in [6, 6.07) is 4.50. The van der Waals surface area contributed by atoms with E-state index in [1.54, 1.807) is 11.0 Å². The zero-order valence-corrected chi connectivity index (χ0v) is 12.2. The molecule has 0 heterocycles. The second-order valence-corrected chi connectivity index (χ2v) is 4.76. The van der Waals surface area contributed by atoms with Crippen LogP contribution in [0.3, 0.4) is 0 Å². The molecule has 0 fully saturated rings. The molecule has 0 aliphatic carbocycles. The number of hydrogen-bond donors (Lipinski definition) is 2. The van der Waals surface area contributed by atoms with Gasteiger partial charge in [0.15, 0.2) is 0 Å². The second kappa shape index (κ2) is 8.53. The number of carbonyl (C=O) groups is 1. The third-order valence-corrected chi connectivity index (χ3v) is 3.13. The Bertz CT molecular complexity index is 432. The molecule has 112 valence electrons. The fourth-order valence-electron chi connectivity index (χ4n) is 2.06. The van der Waals surface area contributed by atoms with Gasteiger partial charge in [-0.1, -0.05) is 13.0 Å². The highest BCUT2D eigenvalue weighted by Crippen LogP contribution is 2.10. The third-order valence-electron chi connectivity index (χ3n) is 3.13. The molecule has 1 aromatic rings. The average molecular weight is 282 g/mol. The summed E-state index contributed by atoms with van der Waals surface area (Å²) >= 11 is 0. The van der Waals surface area contributed by atoms with Crippen molar-refractivity contribution in [3.05, 3.63) is 35.1 Å². The predicted octanol–water partition coefficient (Wildman–Crippen LogP) is 2.09. The number of nitrogens with zero attached hydrogens (tertiary/aromatic N) is 1. The van der Waals surface area contributed by atoms with Gasteiger partial charge in [-0.3, -0.25) is 0 Å². The number of urea groups is 1. The number of halogens is 1. The Morgan fingerprint density at radius 1 is 1.40 bits per heavy atom. The smallest absolute Gasteiger partial charge is 0.317 e. The molecular formula is C15H23FN2O2. The van der Waals surface area contributed by atoms with Gasteiger partial charge >= 0.3 is 6.03 Å². The summed E-state index contributed by atoms with van der Waals surface area (Å²) in [5, 5.41) is 11.7. The average Bonchev–Trinajstić information content (AvgIpc) is 2.41. The molecule has 4 nitrogen and oxygen atoms in total. The first-order valence-electron chi connectivity index (χ1n) is 6.97. The number of hydrogen-bond acceptors (Lipinski definition) is 2. The van der Waals surface area contributed by atoms with Crippen LogP contribution in [-0.4, -0.2) is 42.3 Å². The van der Waals surface area contributed by atoms with Gasteiger partial charge in [-0.05, 0) is 43.0 Å². The van der Waals surface area contributed by atoms with E-state index in [9.17, 15) is 9.18 Å². The largest absolute Gasteiger partial charge is 0.395 e. The maximum atomic E-state index is 13.0. The highest BCUT2D eigenvalue weighted by Gasteiger charge is 2.11. The molecule has 0 bridgehead atoms. The Balaban J connectivity index is 2.44. The SMILES string of the molecule is CCCN(CCO)C(=O)NCCc1ccc(F)cc1C. The zero-order chi connectivity index (χ0) is 15.0. The lowest BCUT2D eigenvalue weighted by molar-refractivity contribution is 0.177. The van der Waals surface area contributed by atoms with E-state index in [1.807, 2.05) is 13.8 Å². The Labute approximate surface area is 119 Å². The van der Waals surface area contributed by atoms with Crippen LogP contribution in [0.2, 0.25) is 0 Å². The number of amides is 2. The summed E-state index contributed by atoms with van der Waals surface area (Å²) in [5.74, 6) is -0.243. The number of benzene rings is 1. The lowest BCUT2D eigenvalue weighted by Crippen LogP contribution is -2.42. The molecule has 0 saturated carbocycles. The predicted molar refractivity (Wildman–Crippen MR) is 77.2 cm³/mol. The maximum Gasteiger partial charge on any atom is 0.317 e. The molecule has 2 amide bonds. The molecule has 0 aliphatic heterocycles. The summed E-state index contributed by atoms with van der Waals surface area (Å²) in [7, 11) is 0. The lowest BCUT2D eigenvalue weighted by atomic mass is 10.1. The van der Waals surface area contributed by atoms with Crippen molar-refractivity contribution in [3.8, 4) is 0 Å². The van der Waals surface area contributed by atoms with Crippen molar-refractivity contribution in [1.29, 1.82) is 0 Å². The highest BCUT2D eigenvalue weighted by molar-refractivity contribution is 5.74. The van der Waals surface area contributed by atoms with Gasteiger partial charge in [0, 0.05) is 19.6 Å². The molecule has 5 heteroatoms. The van der Waals surface area contributed by atoms with E-state index in [0.717, 1.165) is 17.5 Å². The van der Waals surface area contributed by atoms with Gasteiger partial charge in [0.05, 0.1) is 6.61 Å². The topological polar surface area (TPSA) is 52.6 Å². The fraction of sp³-hybridized carbons (Fsp3) is 0.533. The van der Waals surface area contributed by atoms with E-state index in [-0.39, 0.29) is 18.5 Å². The summed E-state index contributed by atoms with van der Waals surface area (Å²) in [5.41, 5.74) is 1.91. The normalized spacial score (nSPS) is 10.4. The molecule has 0 unspecified atom stereocenters. The van der Waals surface area contributed by atoms with E-state index in [4.69, 9.17) is 5.11 Å². The van der Waals surface area contributed by atoms with Crippen LogP contribution in [-0.2, 0) is 6.42 Å². The van der Waals surface area contributed by atoms with Crippen LogP contribution in [0.4, 0.5) is 9.18 Å². The van der Waals surface area contributed by atoms with Gasteiger partial charge < -0.3 is 15.3 Å². The maximum absolute atomic E-state index is 13.0. The van der Waals surface area contributed by atoms with Gasteiger partial charge in [-0.2, -0.15) is 0 Å². The van der Waals surface area contributed by atoms with Crippen molar-refractivity contribution < 1.29 is 14.3 Å². The monoisotopic (exact) mass is 282 g/mol. The van der Waals surface area contributed by atoms with Crippen LogP contribution in [0.15, 0.2) is 18.2 Å². The molecule has 0 saturated heterocycles. The zero-order valence-electron chi connectivity index (χ0n) is 12.2. The minimum Gasteiger partial charge on any atom is -0.395 e. The molecule has 1 rings (SSSR count). The molecule has 0 aliphatic rings. The fourth-order valence-corrected chi connectivity index (χ4v) is 2.06. The minimum atomic E-state index is -0.243. The first kappa shape index (κ1) is 16.4. The van der Waals surface area contributed by atoms with E-state index < -0.39 is 0 Å². The van der Waals surface area contributed by atoms with Crippen LogP contribution >= 0.6 is 0 Å². The van der Waals surface area contributed by atoms with Crippen molar-refractivity contribution in [2.75, 3.05) is 26.2 Å². The Morgan fingerprint density at radius 3 is 2.75 bits per heavy atom. The van der Waals surface area contributed by atoms with Crippen molar-refractivity contribution in [2.45, 2.75) is 26.7 Å². The minimum absolute atomic E-state index is 0.0372. The van der Waals surface area contributed by atoms with Crippen LogP contribution in [0.25, 0.3) is 0 Å². The molecule has 0 spiro atoms. The number of aliphatic hydroxyl groups excluding tert-OH is 1. The van der Waals surface area contributed by atoms with Crippen LogP contribution in [0, 0.1) is 12.7 Å². The summed E-state index contributed by atoms with van der Waals surface area (Å²) in [6.45, 7) is 5.27. The van der Waals surface area contributed by atoms with Gasteiger partial charge in [-0.15, -0.1) is 0 Å². The molecule has 1 aromatic carbocycles. The molecule has 2 N–H and O–H groups in total. The lowest BCUT2D eigenvalue weighted by Gasteiger charge is -2.21. The van der Waals surface area contributed by atoms with E-state index in [0.29, 0.717) is 26.1 Å². The third kappa shape index (κ3) is 5.17. The highest BCUT2D eigenvalue weighted by atomic mass is 19.1. The van der Waals surface area contributed by atoms with Crippen LogP contribution in [0.1, 0.15) is 24.5 Å². The molecule has 0 atom stereocenters. The Kier molecular flexibility index (Phi) is 7.01. The van der Waals surface area contributed by atoms with Crippen LogP contribution < -0.4 is 5.32 Å². The molecule has 20 heavy (non-hydrogen) atoms. The van der Waals surface area contributed by atoms with Crippen molar-refractivity contribution in [3.63, 3.8) is 0 Å². The molecular weight excluding hydrogens is 259 g/mol. The number of rotatable bonds is 7. The standard InChI is InChI=1S/C15H23FN2O2/c1-3-8-18(9-10-19)15(20)17-7-6-13-4-5-14(16)11-12(13)2/h4-5,11,19H,3,6-10H2,1-2H3,(H,17,20). The number of nitrogens with one attached hydrogen (secondary N) is 1. The summed E-state index contributed by atoms with van der Waals surface area (Å²) in [6.07, 6.45) is 1.52. The Morgan fingerprint density at radius 2 is 2.15 bits per heavy atom. The Hall–Kier alpha value is -1.62. The quantitative estimate of drug-likeness (QED) is 0.804. The number of carbonyl (C=O) groups excluding carboxylic acids is 1. The van der Waals surface area contributed by atoms with E-state index in [1.165, 1.54) is 12.1 Å². The van der Waals surface area contributed by atoms with Gasteiger partial charge in [0.1, 0.15) is 5.82 Å². The van der Waals surface area contributed by atoms with Gasteiger partial charge in [0.25, 0.3) is 0 Å². The van der Waals surface area contributed by atoms with E-state index in [2.05, 4.69) is 5.32 Å². The van der Waals surface area contributed by atoms with Crippen molar-refractivity contribution in [1.82, 2.24) is 10.2 Å². The summed E-state index contributed by atoms with van der Waals surface area (Å²) in [4.78, 5) is 13.5. The van der Waals surface area contributed by atoms with Crippen LogP contribution in [0.5, 0.6) is 0 Å². The molecule has 0 radical (unpaired) electrons. The number of aliphatic hydroxyl groups is 1. The number of aryl methyl sites for hydroxylation is 1. The first-order chi connectivity index (χ1) is 9.58. The van der Waals surface area contributed by atoms with Gasteiger partial charge in [-0.25, -0.2) is 9.18 Å². The van der Waals surface area contributed by atoms with E-state index >= 15 is 0 Å². The van der Waals surface area contributed by atoms with Crippen molar-refractivity contribution in [2.24, 2.45) is 0 Å². The van der Waals surface area contributed by atoms with Gasteiger partial charge in [0.2, 0.25) is 0 Å². The van der Waals surface area contributed by atoms with Crippen molar-refractivity contribution >= 4 is 6.03 Å². The molecule has 0 aromatic heterocycles.